The number of amides is 1. The summed E-state index contributed by atoms with van der Waals surface area (Å²) in [7, 11) is 0. The van der Waals surface area contributed by atoms with E-state index in [1.807, 2.05) is 4.90 Å². The molecule has 0 aromatic carbocycles. The van der Waals surface area contributed by atoms with Crippen LogP contribution in [0, 0.1) is 11.3 Å². The van der Waals surface area contributed by atoms with E-state index in [0.717, 1.165) is 24.3 Å². The molecule has 1 aromatic heterocycles. The third-order valence-corrected chi connectivity index (χ3v) is 5.22. The van der Waals surface area contributed by atoms with Crippen LogP contribution < -0.4 is 10.2 Å². The molecule has 3 aliphatic heterocycles. The Kier molecular flexibility index (Phi) is 3.13. The Morgan fingerprint density at radius 1 is 1.42 bits per heavy atom. The molecular weight excluding hydrogens is 318 g/mol. The van der Waals surface area contributed by atoms with E-state index in [0.29, 0.717) is 12.4 Å². The van der Waals surface area contributed by atoms with Gasteiger partial charge in [0.2, 0.25) is 5.91 Å². The van der Waals surface area contributed by atoms with Crippen molar-refractivity contribution in [2.75, 3.05) is 36.4 Å². The predicted molar refractivity (Wildman–Crippen MR) is 80.7 cm³/mol. The molecule has 9 heteroatoms. The molecule has 3 aliphatic rings. The van der Waals surface area contributed by atoms with Gasteiger partial charge >= 0.3 is 0 Å². The Hall–Kier alpha value is -2.50. The van der Waals surface area contributed by atoms with Crippen LogP contribution in [0.5, 0.6) is 0 Å². The lowest BCUT2D eigenvalue weighted by Gasteiger charge is -2.55. The van der Waals surface area contributed by atoms with Gasteiger partial charge in [0.1, 0.15) is 29.9 Å². The molecule has 4 heterocycles. The fourth-order valence-electron chi connectivity index (χ4n) is 3.95. The number of hydrogen-bond donors (Lipinski definition) is 1. The van der Waals surface area contributed by atoms with Gasteiger partial charge in [-0.2, -0.15) is 5.26 Å². The van der Waals surface area contributed by atoms with Gasteiger partial charge in [0.15, 0.2) is 0 Å². The molecule has 126 valence electrons. The van der Waals surface area contributed by atoms with Crippen LogP contribution in [-0.4, -0.2) is 58.4 Å². The van der Waals surface area contributed by atoms with E-state index < -0.39 is 23.9 Å². The molecule has 1 spiro atoms. The molecule has 2 saturated heterocycles. The SMILES string of the molecule is N#CCC(=O)N1CC(F)(F)C12CCN(c1ncnc3c1CCN3)C2. The number of carbonyl (C=O) groups excluding carboxylic acids is 1. The normalized spacial score (nSPS) is 26.7. The lowest BCUT2D eigenvalue weighted by Crippen LogP contribution is -2.77. The fraction of sp³-hybridized carbons (Fsp3) is 0.600. The van der Waals surface area contributed by atoms with Crippen molar-refractivity contribution >= 4 is 17.5 Å². The van der Waals surface area contributed by atoms with Crippen molar-refractivity contribution in [3.05, 3.63) is 11.9 Å². The molecule has 0 saturated carbocycles. The van der Waals surface area contributed by atoms with Crippen LogP contribution in [0.2, 0.25) is 0 Å². The molecule has 1 N–H and O–H groups in total. The third-order valence-electron chi connectivity index (χ3n) is 5.22. The number of nitrogens with one attached hydrogen (secondary N) is 1. The lowest BCUT2D eigenvalue weighted by molar-refractivity contribution is -0.233. The van der Waals surface area contributed by atoms with Gasteiger partial charge in [0, 0.05) is 25.2 Å². The van der Waals surface area contributed by atoms with Crippen LogP contribution in [0.1, 0.15) is 18.4 Å². The molecule has 1 atom stereocenters. The van der Waals surface area contributed by atoms with Crippen LogP contribution in [-0.2, 0) is 11.2 Å². The standard InChI is InChI=1S/C15H16F2N6O/c16-15(17)8-23(11(24)1-4-18)14(15)3-6-22(7-14)13-10-2-5-19-12(10)20-9-21-13/h9H,1-3,5-8H2,(H,19,20,21). The number of likely N-dealkylation sites (tertiary alicyclic amines) is 1. The van der Waals surface area contributed by atoms with E-state index in [2.05, 4.69) is 15.3 Å². The maximum absolute atomic E-state index is 14.4. The van der Waals surface area contributed by atoms with Gasteiger partial charge in [-0.1, -0.05) is 0 Å². The first kappa shape index (κ1) is 15.1. The number of rotatable bonds is 2. The molecule has 7 nitrogen and oxygen atoms in total. The molecule has 2 fully saturated rings. The maximum atomic E-state index is 14.4. The molecule has 1 aromatic rings. The monoisotopic (exact) mass is 334 g/mol. The molecular formula is C15H16F2N6O. The highest BCUT2D eigenvalue weighted by Crippen LogP contribution is 2.51. The number of nitriles is 1. The predicted octanol–water partition coefficient (Wildman–Crippen LogP) is 0.785. The average molecular weight is 334 g/mol. The highest BCUT2D eigenvalue weighted by Gasteiger charge is 2.70. The number of carbonyl (C=O) groups is 1. The first-order valence-electron chi connectivity index (χ1n) is 7.86. The minimum atomic E-state index is -2.94. The fourth-order valence-corrected chi connectivity index (χ4v) is 3.95. The maximum Gasteiger partial charge on any atom is 0.289 e. The summed E-state index contributed by atoms with van der Waals surface area (Å²) in [6.45, 7) is 0.573. The lowest BCUT2D eigenvalue weighted by atomic mass is 9.79. The van der Waals surface area contributed by atoms with Crippen LogP contribution >= 0.6 is 0 Å². The Bertz CT molecular complexity index is 748. The molecule has 4 rings (SSSR count). The first-order valence-corrected chi connectivity index (χ1v) is 7.86. The second-order valence-corrected chi connectivity index (χ2v) is 6.42. The quantitative estimate of drug-likeness (QED) is 0.860. The van der Waals surface area contributed by atoms with Gasteiger partial charge in [-0.05, 0) is 12.8 Å². The smallest absolute Gasteiger partial charge is 0.289 e. The molecule has 24 heavy (non-hydrogen) atoms. The van der Waals surface area contributed by atoms with Crippen molar-refractivity contribution in [3.8, 4) is 6.07 Å². The summed E-state index contributed by atoms with van der Waals surface area (Å²) < 4.78 is 28.7. The Morgan fingerprint density at radius 2 is 2.25 bits per heavy atom. The second-order valence-electron chi connectivity index (χ2n) is 6.42. The van der Waals surface area contributed by atoms with E-state index in [4.69, 9.17) is 5.26 Å². The zero-order valence-corrected chi connectivity index (χ0v) is 12.9. The van der Waals surface area contributed by atoms with Gasteiger partial charge in [-0.25, -0.2) is 18.7 Å². The summed E-state index contributed by atoms with van der Waals surface area (Å²) in [6.07, 6.45) is 1.98. The van der Waals surface area contributed by atoms with E-state index in [9.17, 15) is 13.6 Å². The summed E-state index contributed by atoms with van der Waals surface area (Å²) >= 11 is 0. The van der Waals surface area contributed by atoms with Gasteiger partial charge < -0.3 is 15.1 Å². The van der Waals surface area contributed by atoms with Crippen LogP contribution in [0.3, 0.4) is 0 Å². The van der Waals surface area contributed by atoms with Gasteiger partial charge in [0.05, 0.1) is 12.6 Å². The van der Waals surface area contributed by atoms with Crippen molar-refractivity contribution in [1.29, 1.82) is 5.26 Å². The number of alkyl halides is 2. The first-order chi connectivity index (χ1) is 11.5. The Balaban J connectivity index is 1.62. The minimum absolute atomic E-state index is 0.0284. The zero-order valence-electron chi connectivity index (χ0n) is 12.9. The zero-order chi connectivity index (χ0) is 16.9. The summed E-state index contributed by atoms with van der Waals surface area (Å²) in [5, 5.41) is 11.8. The third kappa shape index (κ3) is 1.89. The molecule has 1 amide bonds. The largest absolute Gasteiger partial charge is 0.369 e. The number of aromatic nitrogens is 2. The summed E-state index contributed by atoms with van der Waals surface area (Å²) in [5.41, 5.74) is -0.586. The van der Waals surface area contributed by atoms with E-state index in [-0.39, 0.29) is 19.4 Å². The van der Waals surface area contributed by atoms with Crippen molar-refractivity contribution in [2.45, 2.75) is 30.7 Å². The van der Waals surface area contributed by atoms with Crippen molar-refractivity contribution < 1.29 is 13.6 Å². The van der Waals surface area contributed by atoms with Crippen molar-refractivity contribution in [1.82, 2.24) is 14.9 Å². The molecule has 0 radical (unpaired) electrons. The average Bonchev–Trinajstić information content (AvgIpc) is 3.21. The molecule has 0 bridgehead atoms. The number of halogens is 2. The Labute approximate surface area is 137 Å². The van der Waals surface area contributed by atoms with E-state index >= 15 is 0 Å². The summed E-state index contributed by atoms with van der Waals surface area (Å²) in [6, 6.07) is 1.75. The van der Waals surface area contributed by atoms with Crippen LogP contribution in [0.15, 0.2) is 6.33 Å². The topological polar surface area (TPSA) is 85.2 Å². The molecule has 1 unspecified atom stereocenters. The number of anilines is 2. The number of hydrogen-bond acceptors (Lipinski definition) is 6. The minimum Gasteiger partial charge on any atom is -0.369 e. The molecule has 0 aliphatic carbocycles. The highest BCUT2D eigenvalue weighted by molar-refractivity contribution is 5.81. The number of nitrogens with zero attached hydrogens (tertiary/aromatic N) is 5. The number of fused-ring (bicyclic) bond motifs is 1. The summed E-state index contributed by atoms with van der Waals surface area (Å²) in [5.74, 6) is -2.06. The van der Waals surface area contributed by atoms with Gasteiger partial charge in [0.25, 0.3) is 5.92 Å². The Morgan fingerprint density at radius 3 is 3.00 bits per heavy atom. The van der Waals surface area contributed by atoms with E-state index in [1.54, 1.807) is 6.07 Å². The van der Waals surface area contributed by atoms with Crippen molar-refractivity contribution in [3.63, 3.8) is 0 Å². The van der Waals surface area contributed by atoms with Crippen molar-refractivity contribution in [2.24, 2.45) is 0 Å². The van der Waals surface area contributed by atoms with Gasteiger partial charge in [-0.3, -0.25) is 4.79 Å². The van der Waals surface area contributed by atoms with Crippen LogP contribution in [0.25, 0.3) is 0 Å². The van der Waals surface area contributed by atoms with E-state index in [1.165, 1.54) is 11.2 Å². The van der Waals surface area contributed by atoms with Gasteiger partial charge in [-0.15, -0.1) is 0 Å². The second kappa shape index (κ2) is 5.00. The summed E-state index contributed by atoms with van der Waals surface area (Å²) in [4.78, 5) is 23.5. The van der Waals surface area contributed by atoms with Crippen LogP contribution in [0.4, 0.5) is 20.4 Å². The highest BCUT2D eigenvalue weighted by atomic mass is 19.3.